The van der Waals surface area contributed by atoms with E-state index in [9.17, 15) is 0 Å². The number of aromatic nitrogens is 3. The summed E-state index contributed by atoms with van der Waals surface area (Å²) in [6.45, 7) is 8.46. The third-order valence-corrected chi connectivity index (χ3v) is 3.86. The van der Waals surface area contributed by atoms with E-state index >= 15 is 0 Å². The molecule has 3 aromatic rings. The molecule has 0 aliphatic heterocycles. The number of rotatable bonds is 3. The Labute approximate surface area is 141 Å². The maximum absolute atomic E-state index is 5.42. The lowest BCUT2D eigenvalue weighted by Crippen LogP contribution is -2.10. The molecule has 5 nitrogen and oxygen atoms in total. The molecule has 0 aliphatic carbocycles. The maximum atomic E-state index is 5.42. The van der Waals surface area contributed by atoms with Crippen molar-refractivity contribution < 1.29 is 9.26 Å². The van der Waals surface area contributed by atoms with Gasteiger partial charge in [0, 0.05) is 11.3 Å². The quantitative estimate of drug-likeness (QED) is 0.714. The van der Waals surface area contributed by atoms with Crippen molar-refractivity contribution >= 4 is 0 Å². The summed E-state index contributed by atoms with van der Waals surface area (Å²) in [5.41, 5.74) is 3.84. The molecule has 0 unspecified atom stereocenters. The molecular weight excluding hydrogens is 302 g/mol. The van der Waals surface area contributed by atoms with Crippen LogP contribution in [0.15, 0.2) is 40.9 Å². The zero-order valence-electron chi connectivity index (χ0n) is 14.6. The molecule has 124 valence electrons. The predicted molar refractivity (Wildman–Crippen MR) is 93.0 cm³/mol. The molecule has 0 saturated heterocycles. The van der Waals surface area contributed by atoms with Gasteiger partial charge in [-0.25, -0.2) is 4.98 Å². The average Bonchev–Trinajstić information content (AvgIpc) is 3.03. The van der Waals surface area contributed by atoms with Crippen molar-refractivity contribution in [2.45, 2.75) is 33.1 Å². The summed E-state index contributed by atoms with van der Waals surface area (Å²) in [6.07, 6.45) is 0. The summed E-state index contributed by atoms with van der Waals surface area (Å²) in [4.78, 5) is 8.83. The molecule has 24 heavy (non-hydrogen) atoms. The van der Waals surface area contributed by atoms with E-state index in [0.717, 1.165) is 11.3 Å². The standard InChI is InChI=1S/C19H21N3O2/c1-12-6-11-15(18(20-12)23-5)16-21-17(24-22-16)13-7-9-14(10-8-13)19(2,3)4/h6-11H,1-5H3. The van der Waals surface area contributed by atoms with Gasteiger partial charge in [-0.15, -0.1) is 0 Å². The first-order valence-corrected chi connectivity index (χ1v) is 7.85. The summed E-state index contributed by atoms with van der Waals surface area (Å²) in [6, 6.07) is 12.0. The SMILES string of the molecule is COc1nc(C)ccc1-c1noc(-c2ccc(C(C)(C)C)cc2)n1. The van der Waals surface area contributed by atoms with Gasteiger partial charge in [0.05, 0.1) is 12.7 Å². The number of methoxy groups -OCH3 is 1. The van der Waals surface area contributed by atoms with Crippen LogP contribution in [-0.2, 0) is 5.41 Å². The summed E-state index contributed by atoms with van der Waals surface area (Å²) in [7, 11) is 1.58. The highest BCUT2D eigenvalue weighted by Crippen LogP contribution is 2.29. The molecule has 1 aromatic carbocycles. The van der Waals surface area contributed by atoms with Crippen LogP contribution in [0.1, 0.15) is 32.0 Å². The Morgan fingerprint density at radius 1 is 0.958 bits per heavy atom. The zero-order chi connectivity index (χ0) is 17.3. The minimum atomic E-state index is 0.111. The van der Waals surface area contributed by atoms with Crippen molar-refractivity contribution in [3.8, 4) is 28.7 Å². The molecular formula is C19H21N3O2. The Morgan fingerprint density at radius 2 is 1.67 bits per heavy atom. The third kappa shape index (κ3) is 3.15. The van der Waals surface area contributed by atoms with Crippen molar-refractivity contribution in [3.05, 3.63) is 47.7 Å². The Kier molecular flexibility index (Phi) is 4.09. The van der Waals surface area contributed by atoms with E-state index in [1.165, 1.54) is 5.56 Å². The van der Waals surface area contributed by atoms with Gasteiger partial charge in [0.15, 0.2) is 0 Å². The molecule has 0 atom stereocenters. The van der Waals surface area contributed by atoms with Crippen LogP contribution >= 0.6 is 0 Å². The topological polar surface area (TPSA) is 61.0 Å². The number of hydrogen-bond acceptors (Lipinski definition) is 5. The largest absolute Gasteiger partial charge is 0.480 e. The molecule has 5 heteroatoms. The van der Waals surface area contributed by atoms with Crippen LogP contribution in [0.3, 0.4) is 0 Å². The lowest BCUT2D eigenvalue weighted by Gasteiger charge is -2.18. The molecule has 0 aliphatic rings. The number of ether oxygens (including phenoxy) is 1. The number of hydrogen-bond donors (Lipinski definition) is 0. The van der Waals surface area contributed by atoms with E-state index in [-0.39, 0.29) is 5.41 Å². The number of aryl methyl sites for hydroxylation is 1. The molecule has 3 rings (SSSR count). The fourth-order valence-corrected chi connectivity index (χ4v) is 2.42. The molecule has 0 N–H and O–H groups in total. The van der Waals surface area contributed by atoms with Gasteiger partial charge in [-0.05, 0) is 42.2 Å². The molecule has 0 fully saturated rings. The second-order valence-electron chi connectivity index (χ2n) is 6.76. The molecule has 2 heterocycles. The Morgan fingerprint density at radius 3 is 2.29 bits per heavy atom. The Hall–Kier alpha value is -2.69. The van der Waals surface area contributed by atoms with Crippen LogP contribution < -0.4 is 4.74 Å². The van der Waals surface area contributed by atoms with Crippen molar-refractivity contribution in [1.82, 2.24) is 15.1 Å². The van der Waals surface area contributed by atoms with E-state index in [1.807, 2.05) is 31.2 Å². The fraction of sp³-hybridized carbons (Fsp3) is 0.316. The van der Waals surface area contributed by atoms with Gasteiger partial charge in [-0.3, -0.25) is 0 Å². The minimum Gasteiger partial charge on any atom is -0.480 e. The summed E-state index contributed by atoms with van der Waals surface area (Å²) >= 11 is 0. The van der Waals surface area contributed by atoms with Crippen LogP contribution in [0.25, 0.3) is 22.8 Å². The second kappa shape index (κ2) is 6.07. The number of pyridine rings is 1. The molecule has 2 aromatic heterocycles. The smallest absolute Gasteiger partial charge is 0.258 e. The fourth-order valence-electron chi connectivity index (χ4n) is 2.42. The van der Waals surface area contributed by atoms with Gasteiger partial charge < -0.3 is 9.26 Å². The van der Waals surface area contributed by atoms with Gasteiger partial charge in [-0.1, -0.05) is 38.1 Å². The first kappa shape index (κ1) is 16.2. The first-order chi connectivity index (χ1) is 11.4. The minimum absolute atomic E-state index is 0.111. The predicted octanol–water partition coefficient (Wildman–Crippen LogP) is 4.41. The van der Waals surface area contributed by atoms with Gasteiger partial charge >= 0.3 is 0 Å². The Balaban J connectivity index is 1.94. The van der Waals surface area contributed by atoms with Gasteiger partial charge in [0.1, 0.15) is 0 Å². The third-order valence-electron chi connectivity index (χ3n) is 3.86. The second-order valence-corrected chi connectivity index (χ2v) is 6.76. The van der Waals surface area contributed by atoms with Crippen molar-refractivity contribution in [1.29, 1.82) is 0 Å². The molecule has 0 saturated carbocycles. The maximum Gasteiger partial charge on any atom is 0.258 e. The van der Waals surface area contributed by atoms with Crippen LogP contribution in [0.5, 0.6) is 5.88 Å². The summed E-state index contributed by atoms with van der Waals surface area (Å²) < 4.78 is 10.7. The molecule has 0 bridgehead atoms. The van der Waals surface area contributed by atoms with Crippen molar-refractivity contribution in [2.75, 3.05) is 7.11 Å². The number of nitrogens with zero attached hydrogens (tertiary/aromatic N) is 3. The average molecular weight is 323 g/mol. The zero-order valence-corrected chi connectivity index (χ0v) is 14.6. The van der Waals surface area contributed by atoms with Gasteiger partial charge in [-0.2, -0.15) is 4.98 Å². The van der Waals surface area contributed by atoms with Crippen molar-refractivity contribution in [2.24, 2.45) is 0 Å². The van der Waals surface area contributed by atoms with E-state index in [1.54, 1.807) is 7.11 Å². The highest BCUT2D eigenvalue weighted by atomic mass is 16.5. The van der Waals surface area contributed by atoms with Crippen LogP contribution in [-0.4, -0.2) is 22.2 Å². The van der Waals surface area contributed by atoms with Gasteiger partial charge in [0.2, 0.25) is 11.7 Å². The monoisotopic (exact) mass is 323 g/mol. The van der Waals surface area contributed by atoms with Crippen LogP contribution in [0.4, 0.5) is 0 Å². The van der Waals surface area contributed by atoms with Crippen LogP contribution in [0.2, 0.25) is 0 Å². The molecule has 0 amide bonds. The van der Waals surface area contributed by atoms with E-state index in [0.29, 0.717) is 23.2 Å². The first-order valence-electron chi connectivity index (χ1n) is 7.85. The Bertz CT molecular complexity index is 846. The van der Waals surface area contributed by atoms with E-state index in [4.69, 9.17) is 9.26 Å². The van der Waals surface area contributed by atoms with Crippen LogP contribution in [0, 0.1) is 6.92 Å². The molecule has 0 radical (unpaired) electrons. The highest BCUT2D eigenvalue weighted by molar-refractivity contribution is 5.64. The number of benzene rings is 1. The summed E-state index contributed by atoms with van der Waals surface area (Å²) in [5, 5.41) is 4.07. The molecule has 0 spiro atoms. The van der Waals surface area contributed by atoms with E-state index < -0.39 is 0 Å². The van der Waals surface area contributed by atoms with Gasteiger partial charge in [0.25, 0.3) is 5.89 Å². The summed E-state index contributed by atoms with van der Waals surface area (Å²) in [5.74, 6) is 1.44. The highest BCUT2D eigenvalue weighted by Gasteiger charge is 2.17. The lowest BCUT2D eigenvalue weighted by molar-refractivity contribution is 0.397. The lowest BCUT2D eigenvalue weighted by atomic mass is 9.87. The normalized spacial score (nSPS) is 11.5. The van der Waals surface area contributed by atoms with E-state index in [2.05, 4.69) is 48.0 Å². The van der Waals surface area contributed by atoms with Crippen molar-refractivity contribution in [3.63, 3.8) is 0 Å².